The topological polar surface area (TPSA) is 58.1 Å². The van der Waals surface area contributed by atoms with Crippen LogP contribution in [-0.2, 0) is 6.42 Å². The van der Waals surface area contributed by atoms with Gasteiger partial charge in [0, 0.05) is 36.0 Å². The summed E-state index contributed by atoms with van der Waals surface area (Å²) in [7, 11) is 0. The monoisotopic (exact) mass is 316 g/mol. The highest BCUT2D eigenvalue weighted by Crippen LogP contribution is 2.34. The predicted molar refractivity (Wildman–Crippen MR) is 93.6 cm³/mol. The first-order valence-corrected chi connectivity index (χ1v) is 7.84. The summed E-state index contributed by atoms with van der Waals surface area (Å²) in [6.07, 6.45) is 5.55. The summed E-state index contributed by atoms with van der Waals surface area (Å²) in [6, 6.07) is 16.3. The van der Waals surface area contributed by atoms with Gasteiger partial charge in [0.05, 0.1) is 6.20 Å². The smallest absolute Gasteiger partial charge is 0.275 e. The molecule has 118 valence electrons. The molecule has 1 aliphatic heterocycles. The van der Waals surface area contributed by atoms with E-state index in [9.17, 15) is 4.79 Å². The number of anilines is 3. The van der Waals surface area contributed by atoms with E-state index in [-0.39, 0.29) is 5.91 Å². The van der Waals surface area contributed by atoms with Crippen LogP contribution in [0.1, 0.15) is 16.1 Å². The first-order valence-electron chi connectivity index (χ1n) is 7.84. The number of rotatable bonds is 3. The van der Waals surface area contributed by atoms with Crippen LogP contribution < -0.4 is 10.2 Å². The number of amides is 1. The van der Waals surface area contributed by atoms with Crippen LogP contribution in [0.5, 0.6) is 0 Å². The number of benzene rings is 2. The van der Waals surface area contributed by atoms with E-state index in [0.29, 0.717) is 5.69 Å². The molecule has 1 N–H and O–H groups in total. The molecule has 0 radical (unpaired) electrons. The summed E-state index contributed by atoms with van der Waals surface area (Å²) in [5, 5.41) is 2.84. The number of aromatic nitrogens is 2. The molecule has 0 saturated carbocycles. The highest BCUT2D eigenvalue weighted by atomic mass is 16.1. The average molecular weight is 316 g/mol. The summed E-state index contributed by atoms with van der Waals surface area (Å²) in [5.74, 6) is -0.262. The van der Waals surface area contributed by atoms with E-state index >= 15 is 0 Å². The Labute approximate surface area is 140 Å². The number of hydrogen-bond donors (Lipinski definition) is 1. The van der Waals surface area contributed by atoms with Crippen molar-refractivity contribution in [2.45, 2.75) is 6.42 Å². The Morgan fingerprint density at radius 3 is 2.67 bits per heavy atom. The van der Waals surface area contributed by atoms with E-state index in [0.717, 1.165) is 24.3 Å². The second kappa shape index (κ2) is 6.12. The Morgan fingerprint density at radius 2 is 1.88 bits per heavy atom. The largest absolute Gasteiger partial charge is 0.341 e. The van der Waals surface area contributed by atoms with Gasteiger partial charge >= 0.3 is 0 Å². The Hall–Kier alpha value is -3.21. The van der Waals surface area contributed by atoms with Crippen LogP contribution in [0.4, 0.5) is 17.1 Å². The molecule has 0 atom stereocenters. The number of fused-ring (bicyclic) bond motifs is 1. The van der Waals surface area contributed by atoms with Crippen LogP contribution in [0.2, 0.25) is 0 Å². The Kier molecular flexibility index (Phi) is 3.67. The summed E-state index contributed by atoms with van der Waals surface area (Å²) in [5.41, 5.74) is 4.79. The molecule has 4 rings (SSSR count). The fourth-order valence-electron chi connectivity index (χ4n) is 2.94. The zero-order valence-corrected chi connectivity index (χ0v) is 13.0. The number of carbonyl (C=O) groups is 1. The predicted octanol–water partition coefficient (Wildman–Crippen LogP) is 3.42. The van der Waals surface area contributed by atoms with Crippen molar-refractivity contribution < 1.29 is 4.79 Å². The second-order valence-corrected chi connectivity index (χ2v) is 5.62. The van der Waals surface area contributed by atoms with Gasteiger partial charge in [-0.05, 0) is 42.3 Å². The van der Waals surface area contributed by atoms with Crippen LogP contribution in [0, 0.1) is 0 Å². The van der Waals surface area contributed by atoms with Crippen molar-refractivity contribution in [1.29, 1.82) is 0 Å². The molecule has 1 aliphatic rings. The molecule has 0 unspecified atom stereocenters. The third kappa shape index (κ3) is 2.72. The first kappa shape index (κ1) is 14.4. The van der Waals surface area contributed by atoms with Crippen molar-refractivity contribution in [2.24, 2.45) is 0 Å². The van der Waals surface area contributed by atoms with Crippen molar-refractivity contribution in [1.82, 2.24) is 9.97 Å². The van der Waals surface area contributed by atoms with Gasteiger partial charge in [-0.25, -0.2) is 4.98 Å². The van der Waals surface area contributed by atoms with Gasteiger partial charge in [-0.2, -0.15) is 0 Å². The van der Waals surface area contributed by atoms with Crippen molar-refractivity contribution in [2.75, 3.05) is 16.8 Å². The van der Waals surface area contributed by atoms with Gasteiger partial charge in [0.1, 0.15) is 5.69 Å². The molecule has 1 aromatic heterocycles. The standard InChI is InChI=1S/C19H16N4O/c24-19(17-13-20-10-11-21-17)22-15-5-7-16(8-6-15)23-12-9-14-3-1-2-4-18(14)23/h1-8,10-11,13H,9,12H2,(H,22,24). The zero-order chi connectivity index (χ0) is 16.4. The number of nitrogens with zero attached hydrogens (tertiary/aromatic N) is 3. The fourth-order valence-corrected chi connectivity index (χ4v) is 2.94. The molecule has 0 saturated heterocycles. The van der Waals surface area contributed by atoms with Gasteiger partial charge in [0.2, 0.25) is 0 Å². The molecule has 0 bridgehead atoms. The van der Waals surface area contributed by atoms with E-state index < -0.39 is 0 Å². The second-order valence-electron chi connectivity index (χ2n) is 5.62. The molecular formula is C19H16N4O. The van der Waals surface area contributed by atoms with Crippen molar-refractivity contribution in [3.63, 3.8) is 0 Å². The summed E-state index contributed by atoms with van der Waals surface area (Å²) >= 11 is 0. The minimum absolute atomic E-state index is 0.262. The molecule has 1 amide bonds. The lowest BCUT2D eigenvalue weighted by molar-refractivity contribution is 0.102. The fraction of sp³-hybridized carbons (Fsp3) is 0.105. The summed E-state index contributed by atoms with van der Waals surface area (Å²) < 4.78 is 0. The van der Waals surface area contributed by atoms with Crippen molar-refractivity contribution in [3.05, 3.63) is 78.4 Å². The molecule has 0 aliphatic carbocycles. The number of nitrogens with one attached hydrogen (secondary N) is 1. The molecule has 2 aromatic carbocycles. The lowest BCUT2D eigenvalue weighted by atomic mass is 10.2. The van der Waals surface area contributed by atoms with Crippen molar-refractivity contribution >= 4 is 23.0 Å². The van der Waals surface area contributed by atoms with E-state index in [1.54, 1.807) is 6.20 Å². The number of para-hydroxylation sites is 1. The van der Waals surface area contributed by atoms with E-state index in [1.165, 1.54) is 23.6 Å². The SMILES string of the molecule is O=C(Nc1ccc(N2CCc3ccccc32)cc1)c1cnccn1. The van der Waals surface area contributed by atoms with Crippen LogP contribution in [0.3, 0.4) is 0 Å². The zero-order valence-electron chi connectivity index (χ0n) is 13.0. The third-order valence-corrected chi connectivity index (χ3v) is 4.12. The minimum atomic E-state index is -0.262. The van der Waals surface area contributed by atoms with Crippen LogP contribution in [0.15, 0.2) is 67.1 Å². The molecule has 2 heterocycles. The van der Waals surface area contributed by atoms with Gasteiger partial charge in [-0.1, -0.05) is 18.2 Å². The maximum absolute atomic E-state index is 12.1. The van der Waals surface area contributed by atoms with Gasteiger partial charge in [0.25, 0.3) is 5.91 Å². The minimum Gasteiger partial charge on any atom is -0.341 e. The normalized spacial score (nSPS) is 12.8. The molecule has 0 fully saturated rings. The van der Waals surface area contributed by atoms with Gasteiger partial charge in [-0.15, -0.1) is 0 Å². The van der Waals surface area contributed by atoms with Crippen LogP contribution >= 0.6 is 0 Å². The van der Waals surface area contributed by atoms with Crippen LogP contribution in [0.25, 0.3) is 0 Å². The maximum Gasteiger partial charge on any atom is 0.275 e. The van der Waals surface area contributed by atoms with Gasteiger partial charge in [0.15, 0.2) is 0 Å². The maximum atomic E-state index is 12.1. The highest BCUT2D eigenvalue weighted by molar-refractivity contribution is 6.02. The third-order valence-electron chi connectivity index (χ3n) is 4.12. The molecule has 5 nitrogen and oxygen atoms in total. The number of hydrogen-bond acceptors (Lipinski definition) is 4. The number of carbonyl (C=O) groups excluding carboxylic acids is 1. The Bertz CT molecular complexity index is 862. The molecule has 0 spiro atoms. The van der Waals surface area contributed by atoms with Crippen molar-refractivity contribution in [3.8, 4) is 0 Å². The first-order chi connectivity index (χ1) is 11.8. The summed E-state index contributed by atoms with van der Waals surface area (Å²) in [4.78, 5) is 22.3. The van der Waals surface area contributed by atoms with E-state index in [2.05, 4.69) is 44.5 Å². The van der Waals surface area contributed by atoms with Crippen LogP contribution in [-0.4, -0.2) is 22.4 Å². The van der Waals surface area contributed by atoms with Gasteiger partial charge < -0.3 is 10.2 Å². The molecular weight excluding hydrogens is 300 g/mol. The highest BCUT2D eigenvalue weighted by Gasteiger charge is 2.19. The molecule has 24 heavy (non-hydrogen) atoms. The van der Waals surface area contributed by atoms with E-state index in [1.807, 2.05) is 24.3 Å². The molecule has 5 heteroatoms. The summed E-state index contributed by atoms with van der Waals surface area (Å²) in [6.45, 7) is 0.977. The Balaban J connectivity index is 1.51. The molecule has 3 aromatic rings. The van der Waals surface area contributed by atoms with Gasteiger partial charge in [-0.3, -0.25) is 9.78 Å². The lowest BCUT2D eigenvalue weighted by Gasteiger charge is -2.19. The van der Waals surface area contributed by atoms with E-state index in [4.69, 9.17) is 0 Å². The Morgan fingerprint density at radius 1 is 1.04 bits per heavy atom. The average Bonchev–Trinajstić information content (AvgIpc) is 3.07. The quantitative estimate of drug-likeness (QED) is 0.804. The lowest BCUT2D eigenvalue weighted by Crippen LogP contribution is -2.15.